The fourth-order valence-electron chi connectivity index (χ4n) is 4.71. The maximum atomic E-state index is 5.18. The molecule has 0 spiro atoms. The Labute approximate surface area is 214 Å². The van der Waals surface area contributed by atoms with Crippen LogP contribution in [0.15, 0.2) is 29.3 Å². The summed E-state index contributed by atoms with van der Waals surface area (Å²) in [5.41, 5.74) is 2.96. The number of nitrogens with zero attached hydrogens (tertiary/aromatic N) is 5. The summed E-state index contributed by atoms with van der Waals surface area (Å²) >= 11 is 0. The van der Waals surface area contributed by atoms with Gasteiger partial charge in [-0.15, -0.1) is 24.0 Å². The number of methoxy groups -OCH3 is 1. The van der Waals surface area contributed by atoms with E-state index >= 15 is 0 Å². The largest absolute Gasteiger partial charge is 0.377 e. The van der Waals surface area contributed by atoms with Gasteiger partial charge in [0.2, 0.25) is 0 Å². The monoisotopic (exact) mass is 567 g/mol. The molecule has 2 aliphatic heterocycles. The number of hydrogen-bond donors (Lipinski definition) is 2. The van der Waals surface area contributed by atoms with Crippen LogP contribution in [0.1, 0.15) is 49.5 Å². The van der Waals surface area contributed by atoms with E-state index in [1.54, 1.807) is 7.11 Å². The molecule has 2 aromatic rings. The fourth-order valence-corrected chi connectivity index (χ4v) is 4.71. The topological polar surface area (TPSA) is 79.6 Å². The van der Waals surface area contributed by atoms with E-state index in [-0.39, 0.29) is 24.0 Å². The van der Waals surface area contributed by atoms with Crippen LogP contribution >= 0.6 is 24.0 Å². The molecule has 2 N–H and O–H groups in total. The number of aryl methyl sites for hydroxylation is 1. The molecule has 2 aliphatic rings. The van der Waals surface area contributed by atoms with Crippen molar-refractivity contribution in [2.75, 3.05) is 26.7 Å². The first kappa shape index (κ1) is 25.9. The molecule has 9 heteroatoms. The highest BCUT2D eigenvalue weighted by Crippen LogP contribution is 2.21. The number of hydrogen-bond acceptors (Lipinski definition) is 5. The Morgan fingerprint density at radius 3 is 2.82 bits per heavy atom. The van der Waals surface area contributed by atoms with Crippen LogP contribution in [0, 0.1) is 0 Å². The van der Waals surface area contributed by atoms with Crippen LogP contribution in [-0.2, 0) is 37.3 Å². The standard InChI is InChI=1S/C24H37N7O.HI/c1-4-21(30-13-12-18-8-6-7-9-19(18)15-30)14-26-24(25-5-2)27-20-10-11-23-28-22(17-32-3)29-31(23)16-20;/h6-9,20-21H,4-5,10-17H2,1-3H3,(H2,25,26,27);1H. The first-order chi connectivity index (χ1) is 15.7. The number of benzene rings is 1. The average molecular weight is 568 g/mol. The number of aromatic nitrogens is 3. The summed E-state index contributed by atoms with van der Waals surface area (Å²) in [6.07, 6.45) is 4.16. The molecular weight excluding hydrogens is 529 g/mol. The Kier molecular flexibility index (Phi) is 9.94. The molecule has 0 bridgehead atoms. The van der Waals surface area contributed by atoms with E-state index in [1.807, 2.05) is 4.68 Å². The molecule has 2 atom stereocenters. The van der Waals surface area contributed by atoms with Gasteiger partial charge in [-0.25, -0.2) is 9.67 Å². The van der Waals surface area contributed by atoms with E-state index in [9.17, 15) is 0 Å². The second-order valence-corrected chi connectivity index (χ2v) is 8.71. The highest BCUT2D eigenvalue weighted by Gasteiger charge is 2.24. The first-order valence-corrected chi connectivity index (χ1v) is 12.0. The van der Waals surface area contributed by atoms with Gasteiger partial charge in [0.25, 0.3) is 0 Å². The first-order valence-electron chi connectivity index (χ1n) is 12.0. The molecule has 2 unspecified atom stereocenters. The lowest BCUT2D eigenvalue weighted by Gasteiger charge is -2.34. The van der Waals surface area contributed by atoms with E-state index in [1.165, 1.54) is 11.1 Å². The van der Waals surface area contributed by atoms with Gasteiger partial charge in [0, 0.05) is 45.2 Å². The molecule has 182 valence electrons. The molecule has 0 fully saturated rings. The molecule has 0 amide bonds. The van der Waals surface area contributed by atoms with Crippen molar-refractivity contribution in [3.63, 3.8) is 0 Å². The second-order valence-electron chi connectivity index (χ2n) is 8.71. The maximum Gasteiger partial charge on any atom is 0.191 e. The third-order valence-electron chi connectivity index (χ3n) is 6.47. The number of aliphatic imine (C=N–C) groups is 1. The van der Waals surface area contributed by atoms with Gasteiger partial charge >= 0.3 is 0 Å². The van der Waals surface area contributed by atoms with Crippen LogP contribution in [-0.4, -0.2) is 64.5 Å². The van der Waals surface area contributed by atoms with Crippen LogP contribution in [0.5, 0.6) is 0 Å². The number of rotatable bonds is 8. The van der Waals surface area contributed by atoms with Crippen molar-refractivity contribution in [3.8, 4) is 0 Å². The van der Waals surface area contributed by atoms with Gasteiger partial charge in [-0.2, -0.15) is 5.10 Å². The van der Waals surface area contributed by atoms with Crippen LogP contribution in [0.2, 0.25) is 0 Å². The summed E-state index contributed by atoms with van der Waals surface area (Å²) in [5.74, 6) is 2.71. The summed E-state index contributed by atoms with van der Waals surface area (Å²) in [7, 11) is 1.68. The molecule has 0 saturated carbocycles. The molecule has 1 aromatic heterocycles. The summed E-state index contributed by atoms with van der Waals surface area (Å²) in [6.45, 7) is 9.42. The second kappa shape index (κ2) is 12.7. The molecule has 4 rings (SSSR count). The molecule has 1 aromatic carbocycles. The smallest absolute Gasteiger partial charge is 0.191 e. The lowest BCUT2D eigenvalue weighted by atomic mass is 9.98. The zero-order chi connectivity index (χ0) is 22.3. The van der Waals surface area contributed by atoms with E-state index < -0.39 is 0 Å². The highest BCUT2D eigenvalue weighted by molar-refractivity contribution is 14.0. The van der Waals surface area contributed by atoms with Crippen molar-refractivity contribution < 1.29 is 4.74 Å². The number of ether oxygens (including phenoxy) is 1. The maximum absolute atomic E-state index is 5.18. The van der Waals surface area contributed by atoms with Crippen LogP contribution in [0.4, 0.5) is 0 Å². The Hall–Kier alpha value is -1.72. The minimum atomic E-state index is 0. The van der Waals surface area contributed by atoms with Crippen molar-refractivity contribution >= 4 is 29.9 Å². The van der Waals surface area contributed by atoms with Crippen molar-refractivity contribution in [3.05, 3.63) is 47.0 Å². The number of fused-ring (bicyclic) bond motifs is 2. The van der Waals surface area contributed by atoms with Gasteiger partial charge in [-0.05, 0) is 37.3 Å². The van der Waals surface area contributed by atoms with Crippen molar-refractivity contribution in [2.24, 2.45) is 4.99 Å². The van der Waals surface area contributed by atoms with Crippen LogP contribution in [0.3, 0.4) is 0 Å². The Bertz CT molecular complexity index is 916. The van der Waals surface area contributed by atoms with Crippen LogP contribution < -0.4 is 10.6 Å². The molecule has 0 radical (unpaired) electrons. The van der Waals surface area contributed by atoms with E-state index in [2.05, 4.69) is 63.7 Å². The summed E-state index contributed by atoms with van der Waals surface area (Å²) < 4.78 is 7.19. The average Bonchev–Trinajstić information content (AvgIpc) is 3.21. The molecule has 8 nitrogen and oxygen atoms in total. The van der Waals surface area contributed by atoms with Crippen molar-refractivity contribution in [2.45, 2.75) is 71.3 Å². The van der Waals surface area contributed by atoms with E-state index in [0.717, 1.165) is 76.0 Å². The van der Waals surface area contributed by atoms with Gasteiger partial charge in [-0.1, -0.05) is 31.2 Å². The Morgan fingerprint density at radius 2 is 2.06 bits per heavy atom. The highest BCUT2D eigenvalue weighted by atomic mass is 127. The third-order valence-corrected chi connectivity index (χ3v) is 6.47. The quantitative estimate of drug-likeness (QED) is 0.290. The fraction of sp³-hybridized carbons (Fsp3) is 0.625. The molecule has 33 heavy (non-hydrogen) atoms. The SMILES string of the molecule is CCNC(=NCC(CC)N1CCc2ccccc2C1)NC1CCc2nc(COC)nn2C1.I. The van der Waals surface area contributed by atoms with Gasteiger partial charge in [0.05, 0.1) is 13.1 Å². The zero-order valence-corrected chi connectivity index (χ0v) is 22.4. The van der Waals surface area contributed by atoms with E-state index in [0.29, 0.717) is 18.7 Å². The lowest BCUT2D eigenvalue weighted by Crippen LogP contribution is -2.48. The normalized spacial score (nSPS) is 19.2. The third kappa shape index (κ3) is 6.66. The number of nitrogens with one attached hydrogen (secondary N) is 2. The van der Waals surface area contributed by atoms with E-state index in [4.69, 9.17) is 9.73 Å². The number of halogens is 1. The molecule has 0 saturated heterocycles. The summed E-state index contributed by atoms with van der Waals surface area (Å²) in [5, 5.41) is 11.7. The minimum Gasteiger partial charge on any atom is -0.377 e. The van der Waals surface area contributed by atoms with Gasteiger partial charge in [0.1, 0.15) is 12.4 Å². The predicted molar refractivity (Wildman–Crippen MR) is 142 cm³/mol. The van der Waals surface area contributed by atoms with Crippen molar-refractivity contribution in [1.82, 2.24) is 30.3 Å². The molecule has 0 aliphatic carbocycles. The minimum absolute atomic E-state index is 0. The van der Waals surface area contributed by atoms with Crippen LogP contribution in [0.25, 0.3) is 0 Å². The predicted octanol–water partition coefficient (Wildman–Crippen LogP) is 2.75. The van der Waals surface area contributed by atoms with Gasteiger partial charge < -0.3 is 15.4 Å². The zero-order valence-electron chi connectivity index (χ0n) is 20.1. The summed E-state index contributed by atoms with van der Waals surface area (Å²) in [6, 6.07) is 9.57. The van der Waals surface area contributed by atoms with Crippen molar-refractivity contribution in [1.29, 1.82) is 0 Å². The number of guanidine groups is 1. The van der Waals surface area contributed by atoms with Gasteiger partial charge in [0.15, 0.2) is 11.8 Å². The Morgan fingerprint density at radius 1 is 1.24 bits per heavy atom. The van der Waals surface area contributed by atoms with Gasteiger partial charge in [-0.3, -0.25) is 9.89 Å². The Balaban J connectivity index is 0.00000306. The summed E-state index contributed by atoms with van der Waals surface area (Å²) in [4.78, 5) is 12.2. The molecule has 3 heterocycles. The molecular formula is C24H38IN7O. The lowest BCUT2D eigenvalue weighted by molar-refractivity contribution is 0.177.